The Hall–Kier alpha value is -5.48. The van der Waals surface area contributed by atoms with Gasteiger partial charge in [0.05, 0.1) is 6.04 Å². The fourth-order valence-corrected chi connectivity index (χ4v) is 7.38. The minimum atomic E-state index is -2.15. The number of rotatable bonds is 23. The van der Waals surface area contributed by atoms with Gasteiger partial charge in [0.2, 0.25) is 23.6 Å². The zero-order valence-electron chi connectivity index (χ0n) is 37.9. The number of nitrogens with one attached hydrogen (secondary N) is 2. The van der Waals surface area contributed by atoms with Crippen molar-refractivity contribution in [3.05, 3.63) is 96.1 Å². The maximum atomic E-state index is 15.6. The zero-order chi connectivity index (χ0) is 46.9. The first-order valence-corrected chi connectivity index (χ1v) is 21.9. The van der Waals surface area contributed by atoms with Crippen molar-refractivity contribution in [3.63, 3.8) is 0 Å². The third kappa shape index (κ3) is 14.0. The van der Waals surface area contributed by atoms with Crippen molar-refractivity contribution in [2.45, 2.75) is 117 Å². The van der Waals surface area contributed by atoms with Crippen molar-refractivity contribution >= 4 is 35.6 Å². The summed E-state index contributed by atoms with van der Waals surface area (Å²) in [5.41, 5.74) is 20.0. The highest BCUT2D eigenvalue weighted by molar-refractivity contribution is 6.05. The van der Waals surface area contributed by atoms with Gasteiger partial charge in [0.1, 0.15) is 24.2 Å². The number of nitrogens with two attached hydrogens (primary N) is 3. The largest absolute Gasteiger partial charge is 0.444 e. The molecule has 0 fully saturated rings. The minimum absolute atomic E-state index is 0.0564. The second-order valence-corrected chi connectivity index (χ2v) is 16.9. The molecule has 63 heavy (non-hydrogen) atoms. The Bertz CT molecular complexity index is 1960. The minimum Gasteiger partial charge on any atom is -0.444 e. The topological polar surface area (TPSA) is 240 Å². The molecule has 0 radical (unpaired) electrons. The number of unbranched alkanes of at least 4 members (excludes halogenated alkanes) is 2. The molecule has 0 aromatic heterocycles. The number of nitrogens with zero attached hydrogens (tertiary/aromatic N) is 2. The lowest BCUT2D eigenvalue weighted by atomic mass is 9.76. The Morgan fingerprint density at radius 2 is 1.40 bits per heavy atom. The van der Waals surface area contributed by atoms with Crippen molar-refractivity contribution in [2.24, 2.45) is 35.0 Å². The summed E-state index contributed by atoms with van der Waals surface area (Å²) in [6.07, 6.45) is 0.531. The first-order chi connectivity index (χ1) is 29.9. The number of amides is 6. The zero-order valence-corrected chi connectivity index (χ0v) is 37.9. The lowest BCUT2D eigenvalue weighted by Crippen LogP contribution is -2.69. The molecular weight excluding hydrogens is 803 g/mol. The first kappa shape index (κ1) is 51.9. The second kappa shape index (κ2) is 25.0. The van der Waals surface area contributed by atoms with Crippen molar-refractivity contribution in [1.29, 1.82) is 0 Å². The molecule has 15 heteroatoms. The van der Waals surface area contributed by atoms with Crippen LogP contribution in [0.1, 0.15) is 85.3 Å². The molecule has 3 rings (SSSR count). The van der Waals surface area contributed by atoms with E-state index in [2.05, 4.69) is 10.6 Å². The molecule has 6 atom stereocenters. The molecule has 15 nitrogen and oxygen atoms in total. The van der Waals surface area contributed by atoms with Crippen LogP contribution in [0.5, 0.6) is 0 Å². The third-order valence-corrected chi connectivity index (χ3v) is 11.3. The van der Waals surface area contributed by atoms with Crippen LogP contribution in [-0.4, -0.2) is 99.9 Å². The average molecular weight is 872 g/mol. The van der Waals surface area contributed by atoms with Crippen LogP contribution in [0.2, 0.25) is 0 Å². The van der Waals surface area contributed by atoms with Crippen LogP contribution < -0.4 is 27.8 Å². The fraction of sp³-hybridized carbons (Fsp3) is 0.500. The van der Waals surface area contributed by atoms with Gasteiger partial charge >= 0.3 is 6.09 Å². The molecule has 0 saturated carbocycles. The Morgan fingerprint density at radius 3 is 1.95 bits per heavy atom. The summed E-state index contributed by atoms with van der Waals surface area (Å²) >= 11 is 0. The van der Waals surface area contributed by atoms with Crippen LogP contribution in [0.15, 0.2) is 84.9 Å². The number of aliphatic hydroxyl groups excluding tert-OH is 1. The third-order valence-electron chi connectivity index (χ3n) is 11.3. The van der Waals surface area contributed by atoms with E-state index in [-0.39, 0.29) is 31.9 Å². The highest BCUT2D eigenvalue weighted by atomic mass is 16.6. The van der Waals surface area contributed by atoms with Crippen molar-refractivity contribution in [2.75, 3.05) is 19.7 Å². The number of ether oxygens (including phenoxy) is 1. The van der Waals surface area contributed by atoms with Gasteiger partial charge < -0.3 is 37.7 Å². The van der Waals surface area contributed by atoms with E-state index in [1.54, 1.807) is 56.3 Å². The van der Waals surface area contributed by atoms with Gasteiger partial charge in [-0.1, -0.05) is 132 Å². The van der Waals surface area contributed by atoms with E-state index < -0.39 is 90.3 Å². The summed E-state index contributed by atoms with van der Waals surface area (Å²) in [6, 6.07) is 21.0. The van der Waals surface area contributed by atoms with Crippen LogP contribution in [0.4, 0.5) is 4.79 Å². The molecule has 0 aliphatic rings. The predicted octanol–water partition coefficient (Wildman–Crippen LogP) is 4.28. The molecule has 0 aliphatic heterocycles. The standard InChI is InChI=1S/C48H69N7O8/c1-8-9-12-25-41(57)55(42(32(4)5)44(59)53-40(27-49)31(2)3)46(61)48(51,26-37-23-17-18-24-39(37)36-21-15-11-16-22-36)38(29-56)28-52-43(58)34(7)54(45(60)33(6)50)47(62)63-30-35-19-13-10-14-20-35/h10-11,13-24,31-34,38,40,42,56H,8-9,12,25-30,49-51H2,1-7H3,(H,52,58)(H,53,59)/t33-,34-,38?,40?,42-,48+/m0/s1. The molecule has 3 aromatic carbocycles. The first-order valence-electron chi connectivity index (χ1n) is 21.9. The Kier molecular flexibility index (Phi) is 20.6. The van der Waals surface area contributed by atoms with Crippen LogP contribution in [0, 0.1) is 17.8 Å². The van der Waals surface area contributed by atoms with Crippen LogP contribution in [0.3, 0.4) is 0 Å². The maximum absolute atomic E-state index is 15.6. The van der Waals surface area contributed by atoms with Gasteiger partial charge in [-0.2, -0.15) is 0 Å². The summed E-state index contributed by atoms with van der Waals surface area (Å²) in [7, 11) is 0. The van der Waals surface area contributed by atoms with E-state index in [1.165, 1.54) is 13.8 Å². The van der Waals surface area contributed by atoms with Gasteiger partial charge in [-0.25, -0.2) is 9.69 Å². The number of hydrogen-bond donors (Lipinski definition) is 6. The molecule has 0 spiro atoms. The van der Waals surface area contributed by atoms with Gasteiger partial charge in [-0.05, 0) is 54.4 Å². The van der Waals surface area contributed by atoms with Crippen molar-refractivity contribution < 1.29 is 38.6 Å². The van der Waals surface area contributed by atoms with E-state index in [9.17, 15) is 29.1 Å². The number of carbonyl (C=O) groups is 6. The summed E-state index contributed by atoms with van der Waals surface area (Å²) in [5, 5.41) is 16.8. The van der Waals surface area contributed by atoms with E-state index in [4.69, 9.17) is 21.9 Å². The fourth-order valence-electron chi connectivity index (χ4n) is 7.38. The van der Waals surface area contributed by atoms with E-state index in [0.29, 0.717) is 28.9 Å². The number of carbonyl (C=O) groups excluding carboxylic acids is 6. The smallest absolute Gasteiger partial charge is 0.417 e. The number of imide groups is 2. The van der Waals surface area contributed by atoms with E-state index >= 15 is 4.79 Å². The molecule has 0 bridgehead atoms. The molecule has 6 amide bonds. The second-order valence-electron chi connectivity index (χ2n) is 16.9. The quantitative estimate of drug-likeness (QED) is 0.0736. The van der Waals surface area contributed by atoms with Gasteiger partial charge in [0.25, 0.3) is 5.91 Å². The molecule has 2 unspecified atom stereocenters. The van der Waals surface area contributed by atoms with Crippen LogP contribution in [-0.2, 0) is 41.7 Å². The maximum Gasteiger partial charge on any atom is 0.417 e. The Labute approximate surface area is 372 Å². The summed E-state index contributed by atoms with van der Waals surface area (Å²) in [6.45, 7) is 10.6. The van der Waals surface area contributed by atoms with Gasteiger partial charge in [0.15, 0.2) is 0 Å². The van der Waals surface area contributed by atoms with Gasteiger partial charge in [0, 0.05) is 44.5 Å². The number of aliphatic hydroxyl groups is 1. The highest BCUT2D eigenvalue weighted by Crippen LogP contribution is 2.32. The summed E-state index contributed by atoms with van der Waals surface area (Å²) in [4.78, 5) is 86.6. The van der Waals surface area contributed by atoms with Gasteiger partial charge in [-0.15, -0.1) is 0 Å². The normalized spacial score (nSPS) is 14.7. The number of benzene rings is 3. The lowest BCUT2D eigenvalue weighted by molar-refractivity contribution is -0.159. The monoisotopic (exact) mass is 872 g/mol. The molecular formula is C48H69N7O8. The molecule has 344 valence electrons. The summed E-state index contributed by atoms with van der Waals surface area (Å²) < 4.78 is 5.42. The Balaban J connectivity index is 2.15. The highest BCUT2D eigenvalue weighted by Gasteiger charge is 2.50. The molecule has 0 saturated heterocycles. The molecule has 3 aromatic rings. The average Bonchev–Trinajstić information content (AvgIpc) is 3.26. The summed E-state index contributed by atoms with van der Waals surface area (Å²) in [5.74, 6) is -5.77. The van der Waals surface area contributed by atoms with Crippen molar-refractivity contribution in [3.8, 4) is 11.1 Å². The molecule has 0 heterocycles. The SMILES string of the molecule is CCCCCC(=O)N(C(=O)[C@@](N)(Cc1ccccc1-c1ccccc1)C(CO)CNC(=O)[C@H](C)N(C(=O)OCc1ccccc1)C(=O)[C@H](C)N)[C@H](C(=O)NC(CN)C(C)C)C(C)C. The Morgan fingerprint density at radius 1 is 0.794 bits per heavy atom. The van der Waals surface area contributed by atoms with Crippen LogP contribution >= 0.6 is 0 Å². The van der Waals surface area contributed by atoms with Crippen molar-refractivity contribution in [1.82, 2.24) is 20.4 Å². The lowest BCUT2D eigenvalue weighted by Gasteiger charge is -2.42. The number of hydrogen-bond acceptors (Lipinski definition) is 11. The van der Waals surface area contributed by atoms with Crippen LogP contribution in [0.25, 0.3) is 11.1 Å². The van der Waals surface area contributed by atoms with E-state index in [1.807, 2.05) is 63.2 Å². The molecule has 0 aliphatic carbocycles. The molecule has 9 N–H and O–H groups in total. The van der Waals surface area contributed by atoms with Gasteiger partial charge in [-0.3, -0.25) is 28.9 Å². The van der Waals surface area contributed by atoms with E-state index in [0.717, 1.165) is 22.4 Å². The predicted molar refractivity (Wildman–Crippen MR) is 243 cm³/mol.